The third-order valence-electron chi connectivity index (χ3n) is 6.07. The number of rotatable bonds is 6. The van der Waals surface area contributed by atoms with E-state index in [1.54, 1.807) is 49.4 Å². The van der Waals surface area contributed by atoms with Crippen LogP contribution >= 0.6 is 0 Å². The molecular formula is C25H28N4O4. The summed E-state index contributed by atoms with van der Waals surface area (Å²) in [5.41, 5.74) is 1.28. The van der Waals surface area contributed by atoms with E-state index in [-0.39, 0.29) is 29.8 Å². The Balaban J connectivity index is 1.56. The van der Waals surface area contributed by atoms with Crippen molar-refractivity contribution in [3.8, 4) is 5.75 Å². The predicted molar refractivity (Wildman–Crippen MR) is 128 cm³/mol. The van der Waals surface area contributed by atoms with Gasteiger partial charge < -0.3 is 15.4 Å². The SMILES string of the molecule is COc1ccccc1NC(=O)Cn1c(C)nc2ccc(NC(=O)C3CCCCC3)cc2c1=O. The summed E-state index contributed by atoms with van der Waals surface area (Å²) in [5.74, 6) is 0.603. The van der Waals surface area contributed by atoms with Gasteiger partial charge in [-0.25, -0.2) is 4.98 Å². The number of nitrogens with one attached hydrogen (secondary N) is 2. The maximum Gasteiger partial charge on any atom is 0.261 e. The summed E-state index contributed by atoms with van der Waals surface area (Å²) in [4.78, 5) is 43.0. The number of nitrogens with zero attached hydrogens (tertiary/aromatic N) is 2. The highest BCUT2D eigenvalue weighted by molar-refractivity contribution is 5.95. The molecule has 4 rings (SSSR count). The van der Waals surface area contributed by atoms with E-state index in [1.165, 1.54) is 18.1 Å². The molecule has 0 aliphatic heterocycles. The summed E-state index contributed by atoms with van der Waals surface area (Å²) in [6, 6.07) is 12.2. The molecule has 1 fully saturated rings. The molecule has 0 saturated heterocycles. The number of methoxy groups -OCH3 is 1. The topological polar surface area (TPSA) is 102 Å². The van der Waals surface area contributed by atoms with Gasteiger partial charge in [-0.2, -0.15) is 0 Å². The Hall–Kier alpha value is -3.68. The molecule has 1 saturated carbocycles. The first-order chi connectivity index (χ1) is 16.0. The number of anilines is 2. The summed E-state index contributed by atoms with van der Waals surface area (Å²) in [6.45, 7) is 1.50. The minimum Gasteiger partial charge on any atom is -0.495 e. The number of aromatic nitrogens is 2. The largest absolute Gasteiger partial charge is 0.495 e. The minimum absolute atomic E-state index is 0.00867. The van der Waals surface area contributed by atoms with E-state index in [2.05, 4.69) is 15.6 Å². The molecule has 2 amide bonds. The fraction of sp³-hybridized carbons (Fsp3) is 0.360. The Kier molecular flexibility index (Phi) is 6.72. The van der Waals surface area contributed by atoms with Gasteiger partial charge in [-0.15, -0.1) is 0 Å². The highest BCUT2D eigenvalue weighted by Crippen LogP contribution is 2.26. The maximum absolute atomic E-state index is 13.2. The fourth-order valence-electron chi connectivity index (χ4n) is 4.29. The summed E-state index contributed by atoms with van der Waals surface area (Å²) >= 11 is 0. The third kappa shape index (κ3) is 5.05. The van der Waals surface area contributed by atoms with Gasteiger partial charge in [-0.1, -0.05) is 31.4 Å². The molecule has 0 radical (unpaired) electrons. The van der Waals surface area contributed by atoms with Crippen molar-refractivity contribution in [3.63, 3.8) is 0 Å². The van der Waals surface area contributed by atoms with E-state index in [9.17, 15) is 14.4 Å². The summed E-state index contributed by atoms with van der Waals surface area (Å²) in [7, 11) is 1.53. The summed E-state index contributed by atoms with van der Waals surface area (Å²) < 4.78 is 6.59. The molecule has 1 aliphatic rings. The average Bonchev–Trinajstić information content (AvgIpc) is 2.83. The minimum atomic E-state index is -0.368. The Labute approximate surface area is 192 Å². The number of para-hydroxylation sites is 2. The quantitative estimate of drug-likeness (QED) is 0.596. The number of carbonyl (C=O) groups excluding carboxylic acids is 2. The Morgan fingerprint density at radius 3 is 2.61 bits per heavy atom. The molecule has 0 unspecified atom stereocenters. The van der Waals surface area contributed by atoms with Gasteiger partial charge in [0.05, 0.1) is 23.7 Å². The molecule has 0 bridgehead atoms. The molecule has 0 spiro atoms. The Morgan fingerprint density at radius 1 is 1.09 bits per heavy atom. The van der Waals surface area contributed by atoms with Crippen LogP contribution in [0.25, 0.3) is 10.9 Å². The molecule has 1 aromatic heterocycles. The second kappa shape index (κ2) is 9.85. The van der Waals surface area contributed by atoms with Crippen LogP contribution in [-0.2, 0) is 16.1 Å². The average molecular weight is 449 g/mol. The van der Waals surface area contributed by atoms with E-state index < -0.39 is 0 Å². The number of fused-ring (bicyclic) bond motifs is 1. The Bertz CT molecular complexity index is 1240. The second-order valence-electron chi connectivity index (χ2n) is 8.35. The van der Waals surface area contributed by atoms with Gasteiger partial charge in [0.2, 0.25) is 11.8 Å². The summed E-state index contributed by atoms with van der Waals surface area (Å²) in [5, 5.41) is 6.07. The van der Waals surface area contributed by atoms with Crippen LogP contribution in [0.5, 0.6) is 5.75 Å². The number of ether oxygens (including phenoxy) is 1. The number of benzene rings is 2. The van der Waals surface area contributed by atoms with Crippen LogP contribution in [0.1, 0.15) is 37.9 Å². The van der Waals surface area contributed by atoms with Crippen molar-refractivity contribution >= 4 is 34.1 Å². The second-order valence-corrected chi connectivity index (χ2v) is 8.35. The highest BCUT2D eigenvalue weighted by Gasteiger charge is 2.21. The van der Waals surface area contributed by atoms with Crippen molar-refractivity contribution in [2.45, 2.75) is 45.6 Å². The number of hydrogen-bond donors (Lipinski definition) is 2. The van der Waals surface area contributed by atoms with Crippen LogP contribution in [-0.4, -0.2) is 28.5 Å². The first-order valence-electron chi connectivity index (χ1n) is 11.2. The van der Waals surface area contributed by atoms with Crippen molar-refractivity contribution in [3.05, 3.63) is 58.6 Å². The van der Waals surface area contributed by atoms with Crippen LogP contribution in [0, 0.1) is 12.8 Å². The Morgan fingerprint density at radius 2 is 1.85 bits per heavy atom. The zero-order valence-corrected chi connectivity index (χ0v) is 18.9. The number of amides is 2. The van der Waals surface area contributed by atoms with Crippen LogP contribution in [0.2, 0.25) is 0 Å². The standard InChI is InChI=1S/C25H28N4O4/c1-16-26-20-13-12-18(27-24(31)17-8-4-3-5-9-17)14-19(20)25(32)29(16)15-23(30)28-21-10-6-7-11-22(21)33-2/h6-7,10-14,17H,3-5,8-9,15H2,1-2H3,(H,27,31)(H,28,30). The molecule has 0 atom stereocenters. The molecule has 1 aliphatic carbocycles. The van der Waals surface area contributed by atoms with Crippen LogP contribution in [0.15, 0.2) is 47.3 Å². The number of hydrogen-bond acceptors (Lipinski definition) is 5. The predicted octanol–water partition coefficient (Wildman–Crippen LogP) is 3.87. The van der Waals surface area contributed by atoms with Crippen molar-refractivity contribution in [2.24, 2.45) is 5.92 Å². The van der Waals surface area contributed by atoms with Crippen LogP contribution < -0.4 is 20.9 Å². The van der Waals surface area contributed by atoms with Crippen LogP contribution in [0.4, 0.5) is 11.4 Å². The van der Waals surface area contributed by atoms with E-state index in [0.717, 1.165) is 25.7 Å². The molecule has 8 nitrogen and oxygen atoms in total. The van der Waals surface area contributed by atoms with Crippen molar-refractivity contribution in [1.29, 1.82) is 0 Å². The number of carbonyl (C=O) groups is 2. The molecule has 2 N–H and O–H groups in total. The van der Waals surface area contributed by atoms with E-state index in [4.69, 9.17) is 4.74 Å². The van der Waals surface area contributed by atoms with Gasteiger partial charge >= 0.3 is 0 Å². The van der Waals surface area contributed by atoms with Crippen molar-refractivity contribution < 1.29 is 14.3 Å². The van der Waals surface area contributed by atoms with E-state index in [0.29, 0.717) is 33.9 Å². The number of aryl methyl sites for hydroxylation is 1. The first kappa shape index (κ1) is 22.5. The zero-order valence-electron chi connectivity index (χ0n) is 18.9. The molecule has 33 heavy (non-hydrogen) atoms. The zero-order chi connectivity index (χ0) is 23.4. The lowest BCUT2D eigenvalue weighted by atomic mass is 9.88. The van der Waals surface area contributed by atoms with Gasteiger partial charge in [0.1, 0.15) is 18.1 Å². The molecule has 8 heteroatoms. The molecule has 1 heterocycles. The fourth-order valence-corrected chi connectivity index (χ4v) is 4.29. The van der Waals surface area contributed by atoms with Gasteiger partial charge in [0.15, 0.2) is 0 Å². The normalized spacial score (nSPS) is 14.1. The third-order valence-corrected chi connectivity index (χ3v) is 6.07. The molecular weight excluding hydrogens is 420 g/mol. The lowest BCUT2D eigenvalue weighted by Crippen LogP contribution is -2.30. The monoisotopic (exact) mass is 448 g/mol. The summed E-state index contributed by atoms with van der Waals surface area (Å²) in [6.07, 6.45) is 5.11. The first-order valence-corrected chi connectivity index (χ1v) is 11.2. The van der Waals surface area contributed by atoms with E-state index in [1.807, 2.05) is 0 Å². The smallest absolute Gasteiger partial charge is 0.261 e. The van der Waals surface area contributed by atoms with Gasteiger partial charge in [-0.3, -0.25) is 19.0 Å². The maximum atomic E-state index is 13.2. The van der Waals surface area contributed by atoms with E-state index >= 15 is 0 Å². The van der Waals surface area contributed by atoms with Crippen molar-refractivity contribution in [1.82, 2.24) is 9.55 Å². The lowest BCUT2D eigenvalue weighted by Gasteiger charge is -2.20. The lowest BCUT2D eigenvalue weighted by molar-refractivity contribution is -0.120. The molecule has 3 aromatic rings. The molecule has 2 aromatic carbocycles. The van der Waals surface area contributed by atoms with Crippen molar-refractivity contribution in [2.75, 3.05) is 17.7 Å². The molecule has 172 valence electrons. The highest BCUT2D eigenvalue weighted by atomic mass is 16.5. The van der Waals surface area contributed by atoms with Gasteiger partial charge in [0.25, 0.3) is 5.56 Å². The van der Waals surface area contributed by atoms with Gasteiger partial charge in [0, 0.05) is 11.6 Å². The van der Waals surface area contributed by atoms with Crippen LogP contribution in [0.3, 0.4) is 0 Å². The van der Waals surface area contributed by atoms with Gasteiger partial charge in [-0.05, 0) is 50.1 Å².